The van der Waals surface area contributed by atoms with Crippen LogP contribution in [0.15, 0.2) is 54.9 Å². The van der Waals surface area contributed by atoms with Crippen LogP contribution in [0.5, 0.6) is 0 Å². The Morgan fingerprint density at radius 2 is 1.94 bits per heavy atom. The Bertz CT molecular complexity index is 1300. The first-order chi connectivity index (χ1) is 15.5. The molecule has 2 N–H and O–H groups in total. The molecule has 4 aromatic rings. The summed E-state index contributed by atoms with van der Waals surface area (Å²) in [6, 6.07) is 13.9. The normalized spacial score (nSPS) is 16.4. The Balaban J connectivity index is 1.62. The minimum Gasteiger partial charge on any atom is -0.478 e. The molecular weight excluding hydrogens is 400 g/mol. The number of aryl methyl sites for hydroxylation is 2. The van der Waals surface area contributed by atoms with Crippen LogP contribution in [0.2, 0.25) is 0 Å². The molecule has 1 atom stereocenters. The van der Waals surface area contributed by atoms with Gasteiger partial charge in [0.2, 0.25) is 0 Å². The molecule has 32 heavy (non-hydrogen) atoms. The Morgan fingerprint density at radius 3 is 2.66 bits per heavy atom. The maximum absolute atomic E-state index is 11.9. The van der Waals surface area contributed by atoms with Gasteiger partial charge >= 0.3 is 5.97 Å². The summed E-state index contributed by atoms with van der Waals surface area (Å²) < 4.78 is 2.00. The molecule has 6 nitrogen and oxygen atoms in total. The molecule has 0 spiro atoms. The van der Waals surface area contributed by atoms with Crippen molar-refractivity contribution in [3.63, 3.8) is 0 Å². The number of carboxylic acid groups (broad SMARTS) is 1. The van der Waals surface area contributed by atoms with Crippen LogP contribution >= 0.6 is 0 Å². The average Bonchev–Trinajstić information content (AvgIpc) is 3.22. The van der Waals surface area contributed by atoms with Gasteiger partial charge in [-0.2, -0.15) is 0 Å². The first-order valence-corrected chi connectivity index (χ1v) is 11.0. The van der Waals surface area contributed by atoms with Gasteiger partial charge in [-0.25, -0.2) is 9.78 Å². The van der Waals surface area contributed by atoms with Crippen molar-refractivity contribution in [1.82, 2.24) is 19.9 Å². The summed E-state index contributed by atoms with van der Waals surface area (Å²) in [5.41, 5.74) is 7.96. The molecule has 0 bridgehead atoms. The van der Waals surface area contributed by atoms with Gasteiger partial charge in [-0.1, -0.05) is 17.2 Å². The molecule has 2 aromatic heterocycles. The number of rotatable bonds is 4. The molecule has 2 aromatic carbocycles. The van der Waals surface area contributed by atoms with Crippen LogP contribution in [0.4, 0.5) is 0 Å². The van der Waals surface area contributed by atoms with Gasteiger partial charge in [-0.15, -0.1) is 0 Å². The van der Waals surface area contributed by atoms with Crippen molar-refractivity contribution in [3.05, 3.63) is 77.1 Å². The van der Waals surface area contributed by atoms with Crippen molar-refractivity contribution >= 4 is 17.1 Å². The Morgan fingerprint density at radius 1 is 1.12 bits per heavy atom. The number of aromatic nitrogens is 3. The zero-order valence-electron chi connectivity index (χ0n) is 18.3. The molecule has 0 aliphatic carbocycles. The van der Waals surface area contributed by atoms with Gasteiger partial charge in [0, 0.05) is 24.0 Å². The highest BCUT2D eigenvalue weighted by molar-refractivity contribution is 5.90. The van der Waals surface area contributed by atoms with E-state index in [2.05, 4.69) is 42.3 Å². The van der Waals surface area contributed by atoms with Crippen LogP contribution in [-0.4, -0.2) is 38.7 Å². The third-order valence-corrected chi connectivity index (χ3v) is 6.19. The molecule has 1 fully saturated rings. The van der Waals surface area contributed by atoms with E-state index in [0.29, 0.717) is 5.56 Å². The molecule has 1 saturated heterocycles. The van der Waals surface area contributed by atoms with E-state index in [4.69, 9.17) is 4.98 Å². The molecule has 0 saturated carbocycles. The van der Waals surface area contributed by atoms with Crippen molar-refractivity contribution in [2.24, 2.45) is 0 Å². The predicted octanol–water partition coefficient (Wildman–Crippen LogP) is 4.87. The highest BCUT2D eigenvalue weighted by Gasteiger charge is 2.22. The van der Waals surface area contributed by atoms with Gasteiger partial charge < -0.3 is 10.4 Å². The number of carboxylic acids is 1. The summed E-state index contributed by atoms with van der Waals surface area (Å²) >= 11 is 0. The molecule has 6 heteroatoms. The fourth-order valence-electron chi connectivity index (χ4n) is 4.72. The fraction of sp³-hybridized carbons (Fsp3) is 0.269. The second-order valence-corrected chi connectivity index (χ2v) is 8.65. The minimum atomic E-state index is -0.883. The standard InChI is InChI=1S/C26H26N4O2/c1-16-10-17(2)12-19(11-16)24-15-28-23-7-9-30(25(23)29-24)20-5-6-21(26(31)32)22(13-20)18-4-3-8-27-14-18/h5-7,9-13,15,18,27H,3-4,8,14H2,1-2H3,(H,31,32)/t18-/m1/s1. The van der Waals surface area contributed by atoms with E-state index < -0.39 is 5.97 Å². The summed E-state index contributed by atoms with van der Waals surface area (Å²) in [6.45, 7) is 5.94. The van der Waals surface area contributed by atoms with Gasteiger partial charge in [-0.3, -0.25) is 9.55 Å². The second kappa shape index (κ2) is 8.20. The van der Waals surface area contributed by atoms with E-state index in [1.807, 2.05) is 35.2 Å². The largest absolute Gasteiger partial charge is 0.478 e. The Labute approximate surface area is 187 Å². The number of carbonyl (C=O) groups is 1. The van der Waals surface area contributed by atoms with Crippen molar-refractivity contribution in [3.8, 4) is 16.9 Å². The zero-order chi connectivity index (χ0) is 22.2. The van der Waals surface area contributed by atoms with Crippen LogP contribution in [0, 0.1) is 13.8 Å². The number of nitrogens with one attached hydrogen (secondary N) is 1. The smallest absolute Gasteiger partial charge is 0.335 e. The lowest BCUT2D eigenvalue weighted by atomic mass is 9.88. The van der Waals surface area contributed by atoms with Crippen LogP contribution < -0.4 is 5.32 Å². The molecule has 0 unspecified atom stereocenters. The van der Waals surface area contributed by atoms with E-state index in [-0.39, 0.29) is 5.92 Å². The monoisotopic (exact) mass is 426 g/mol. The van der Waals surface area contributed by atoms with Crippen molar-refractivity contribution in [2.75, 3.05) is 13.1 Å². The quantitative estimate of drug-likeness (QED) is 0.487. The van der Waals surface area contributed by atoms with Gasteiger partial charge in [0.1, 0.15) is 5.52 Å². The first-order valence-electron chi connectivity index (χ1n) is 11.0. The highest BCUT2D eigenvalue weighted by Crippen LogP contribution is 2.30. The Hall–Kier alpha value is -3.51. The SMILES string of the molecule is Cc1cc(C)cc(-c2cnc3ccn(-c4ccc(C(=O)O)c([C@@H]5CCCNC5)c4)c3n2)c1. The molecule has 0 amide bonds. The summed E-state index contributed by atoms with van der Waals surface area (Å²) in [4.78, 5) is 21.5. The lowest BCUT2D eigenvalue weighted by Crippen LogP contribution is -2.29. The Kier molecular flexibility index (Phi) is 5.23. The zero-order valence-corrected chi connectivity index (χ0v) is 18.3. The van der Waals surface area contributed by atoms with E-state index in [1.54, 1.807) is 6.07 Å². The summed E-state index contributed by atoms with van der Waals surface area (Å²) in [6.07, 6.45) is 5.80. The van der Waals surface area contributed by atoms with E-state index in [1.165, 1.54) is 11.1 Å². The molecular formula is C26H26N4O2. The third-order valence-electron chi connectivity index (χ3n) is 6.19. The lowest BCUT2D eigenvalue weighted by molar-refractivity contribution is 0.0695. The van der Waals surface area contributed by atoms with Gasteiger partial charge in [0.05, 0.1) is 17.5 Å². The van der Waals surface area contributed by atoms with Crippen LogP contribution in [0.25, 0.3) is 28.1 Å². The summed E-state index contributed by atoms with van der Waals surface area (Å²) in [5, 5.41) is 13.1. The summed E-state index contributed by atoms with van der Waals surface area (Å²) in [7, 11) is 0. The van der Waals surface area contributed by atoms with Crippen LogP contribution in [0.1, 0.15) is 45.8 Å². The van der Waals surface area contributed by atoms with Gasteiger partial charge in [-0.05, 0) is 81.1 Å². The molecule has 162 valence electrons. The number of hydrogen-bond acceptors (Lipinski definition) is 4. The predicted molar refractivity (Wildman–Crippen MR) is 126 cm³/mol. The van der Waals surface area contributed by atoms with Crippen LogP contribution in [0.3, 0.4) is 0 Å². The van der Waals surface area contributed by atoms with Gasteiger partial charge in [0.15, 0.2) is 5.65 Å². The number of fused-ring (bicyclic) bond motifs is 1. The average molecular weight is 427 g/mol. The topological polar surface area (TPSA) is 80.0 Å². The van der Waals surface area contributed by atoms with Crippen molar-refractivity contribution in [2.45, 2.75) is 32.6 Å². The lowest BCUT2D eigenvalue weighted by Gasteiger charge is -2.25. The van der Waals surface area contributed by atoms with E-state index in [9.17, 15) is 9.90 Å². The van der Waals surface area contributed by atoms with E-state index >= 15 is 0 Å². The fourth-order valence-corrected chi connectivity index (χ4v) is 4.72. The third kappa shape index (κ3) is 3.78. The number of benzene rings is 2. The molecule has 3 heterocycles. The molecule has 0 radical (unpaired) electrons. The van der Waals surface area contributed by atoms with Crippen molar-refractivity contribution < 1.29 is 9.90 Å². The van der Waals surface area contributed by atoms with Crippen molar-refractivity contribution in [1.29, 1.82) is 0 Å². The number of aromatic carboxylic acids is 1. The maximum Gasteiger partial charge on any atom is 0.335 e. The first kappa shape index (κ1) is 20.4. The molecule has 5 rings (SSSR count). The minimum absolute atomic E-state index is 0.188. The molecule has 1 aliphatic rings. The van der Waals surface area contributed by atoms with E-state index in [0.717, 1.165) is 59.6 Å². The summed E-state index contributed by atoms with van der Waals surface area (Å²) in [5.74, 6) is -0.695. The highest BCUT2D eigenvalue weighted by atomic mass is 16.4. The van der Waals surface area contributed by atoms with Crippen LogP contribution in [-0.2, 0) is 0 Å². The number of hydrogen-bond donors (Lipinski definition) is 2. The second-order valence-electron chi connectivity index (χ2n) is 8.65. The maximum atomic E-state index is 11.9. The van der Waals surface area contributed by atoms with Gasteiger partial charge in [0.25, 0.3) is 0 Å². The number of nitrogens with zero attached hydrogens (tertiary/aromatic N) is 3. The number of piperidine rings is 1. The molecule has 1 aliphatic heterocycles.